The van der Waals surface area contributed by atoms with Gasteiger partial charge in [-0.3, -0.25) is 15.0 Å². The van der Waals surface area contributed by atoms with Crippen LogP contribution in [0.5, 0.6) is 0 Å². The van der Waals surface area contributed by atoms with Crippen molar-refractivity contribution in [1.29, 1.82) is 0 Å². The summed E-state index contributed by atoms with van der Waals surface area (Å²) < 4.78 is 0. The van der Waals surface area contributed by atoms with Gasteiger partial charge >= 0.3 is 6.03 Å². The standard InChI is InChI=1S/C19H21N7O2/c27-17(22-10-12-2-3-12)14-4-5-15-16(23-14)26(13-6-9-25(15)11-13)19(28)24-18-20-7-1-8-21-18/h1,4-5,7-8,12-13H,2-3,6,9-11H2,(H,22,27)(H,20,21,24,28). The molecule has 1 atom stereocenters. The highest BCUT2D eigenvalue weighted by Crippen LogP contribution is 2.39. The van der Waals surface area contributed by atoms with Gasteiger partial charge in [-0.2, -0.15) is 0 Å². The van der Waals surface area contributed by atoms with E-state index in [1.807, 2.05) is 6.07 Å². The van der Waals surface area contributed by atoms with Crippen molar-refractivity contribution in [3.63, 3.8) is 0 Å². The molecule has 2 N–H and O–H groups in total. The number of nitrogens with one attached hydrogen (secondary N) is 2. The molecule has 3 aliphatic rings. The van der Waals surface area contributed by atoms with Crippen molar-refractivity contribution in [2.75, 3.05) is 34.8 Å². The van der Waals surface area contributed by atoms with E-state index in [2.05, 4.69) is 30.5 Å². The molecule has 3 amide bonds. The Hall–Kier alpha value is -3.23. The van der Waals surface area contributed by atoms with Gasteiger partial charge in [0.25, 0.3) is 5.91 Å². The van der Waals surface area contributed by atoms with Crippen molar-refractivity contribution < 1.29 is 9.59 Å². The van der Waals surface area contributed by atoms with E-state index in [4.69, 9.17) is 0 Å². The molecule has 2 bridgehead atoms. The number of amides is 3. The fraction of sp³-hybridized carbons (Fsp3) is 0.421. The van der Waals surface area contributed by atoms with Crippen LogP contribution in [0.25, 0.3) is 0 Å². The third-order valence-corrected chi connectivity index (χ3v) is 5.44. The monoisotopic (exact) mass is 379 g/mol. The Kier molecular flexibility index (Phi) is 4.07. The van der Waals surface area contributed by atoms with Gasteiger partial charge in [0, 0.05) is 32.0 Å². The largest absolute Gasteiger partial charge is 0.366 e. The molecule has 1 saturated carbocycles. The number of pyridine rings is 1. The number of carbonyl (C=O) groups is 2. The molecule has 9 heteroatoms. The minimum atomic E-state index is -0.331. The van der Waals surface area contributed by atoms with Gasteiger partial charge in [0.2, 0.25) is 5.95 Å². The Morgan fingerprint density at radius 2 is 1.96 bits per heavy atom. The van der Waals surface area contributed by atoms with E-state index in [1.54, 1.807) is 29.4 Å². The second-order valence-corrected chi connectivity index (χ2v) is 7.45. The number of hydrogen-bond acceptors (Lipinski definition) is 6. The maximum atomic E-state index is 13.0. The summed E-state index contributed by atoms with van der Waals surface area (Å²) in [6.45, 7) is 2.30. The number of aromatic nitrogens is 3. The average Bonchev–Trinajstić information content (AvgIpc) is 3.46. The molecule has 2 aromatic heterocycles. The molecule has 144 valence electrons. The lowest BCUT2D eigenvalue weighted by Crippen LogP contribution is -2.48. The van der Waals surface area contributed by atoms with E-state index < -0.39 is 0 Å². The second-order valence-electron chi connectivity index (χ2n) is 7.45. The molecule has 0 aromatic carbocycles. The number of anilines is 3. The minimum absolute atomic E-state index is 0.00786. The Bertz CT molecular complexity index is 916. The van der Waals surface area contributed by atoms with E-state index in [1.165, 1.54) is 12.8 Å². The lowest BCUT2D eigenvalue weighted by Gasteiger charge is -2.35. The molecule has 4 heterocycles. The molecule has 1 aliphatic carbocycles. The minimum Gasteiger partial charge on any atom is -0.366 e. The first-order valence-electron chi connectivity index (χ1n) is 9.60. The fourth-order valence-electron chi connectivity index (χ4n) is 3.77. The molecule has 2 aromatic rings. The Morgan fingerprint density at radius 3 is 2.75 bits per heavy atom. The molecule has 2 fully saturated rings. The van der Waals surface area contributed by atoms with Gasteiger partial charge in [-0.05, 0) is 43.4 Å². The molecular weight excluding hydrogens is 358 g/mol. The van der Waals surface area contributed by atoms with Crippen LogP contribution in [0.1, 0.15) is 29.8 Å². The topological polar surface area (TPSA) is 103 Å². The zero-order valence-corrected chi connectivity index (χ0v) is 15.3. The zero-order chi connectivity index (χ0) is 19.1. The van der Waals surface area contributed by atoms with Crippen LogP contribution in [0.15, 0.2) is 30.6 Å². The van der Waals surface area contributed by atoms with Crippen molar-refractivity contribution in [1.82, 2.24) is 20.3 Å². The van der Waals surface area contributed by atoms with E-state index >= 15 is 0 Å². The van der Waals surface area contributed by atoms with Crippen molar-refractivity contribution in [3.8, 4) is 0 Å². The highest BCUT2D eigenvalue weighted by atomic mass is 16.2. The quantitative estimate of drug-likeness (QED) is 0.837. The summed E-state index contributed by atoms with van der Waals surface area (Å²) in [6, 6.07) is 4.98. The summed E-state index contributed by atoms with van der Waals surface area (Å²) in [4.78, 5) is 42.0. The normalized spacial score (nSPS) is 19.9. The number of urea groups is 1. The van der Waals surface area contributed by atoms with Gasteiger partial charge in [0.05, 0.1) is 11.7 Å². The Balaban J connectivity index is 1.43. The van der Waals surface area contributed by atoms with Crippen molar-refractivity contribution in [2.24, 2.45) is 5.92 Å². The maximum Gasteiger partial charge on any atom is 0.330 e. The lowest BCUT2D eigenvalue weighted by molar-refractivity contribution is 0.0947. The molecular formula is C19H21N7O2. The van der Waals surface area contributed by atoms with Gasteiger partial charge in [-0.1, -0.05) is 0 Å². The SMILES string of the molecule is O=C(NCC1CC1)c1ccc2c(n1)N(C(=O)Nc1ncccn1)C1CCN2C1. The van der Waals surface area contributed by atoms with Crippen LogP contribution in [0.3, 0.4) is 0 Å². The third kappa shape index (κ3) is 3.12. The predicted octanol–water partition coefficient (Wildman–Crippen LogP) is 1.64. The fourth-order valence-corrected chi connectivity index (χ4v) is 3.77. The summed E-state index contributed by atoms with van der Waals surface area (Å²) in [6.07, 6.45) is 6.34. The smallest absolute Gasteiger partial charge is 0.330 e. The third-order valence-electron chi connectivity index (χ3n) is 5.44. The molecule has 0 radical (unpaired) electrons. The zero-order valence-electron chi connectivity index (χ0n) is 15.3. The number of rotatable bonds is 4. The predicted molar refractivity (Wildman–Crippen MR) is 103 cm³/mol. The lowest BCUT2D eigenvalue weighted by atomic mass is 10.1. The van der Waals surface area contributed by atoms with E-state index in [0.29, 0.717) is 24.0 Å². The summed E-state index contributed by atoms with van der Waals surface area (Å²) in [5, 5.41) is 5.67. The number of nitrogens with zero attached hydrogens (tertiary/aromatic N) is 5. The molecule has 1 unspecified atom stereocenters. The van der Waals surface area contributed by atoms with Crippen molar-refractivity contribution >= 4 is 29.4 Å². The maximum absolute atomic E-state index is 13.0. The summed E-state index contributed by atoms with van der Waals surface area (Å²) in [5.74, 6) is 1.15. The highest BCUT2D eigenvalue weighted by molar-refractivity contribution is 6.04. The van der Waals surface area contributed by atoms with Crippen LogP contribution >= 0.6 is 0 Å². The first-order chi connectivity index (χ1) is 13.7. The molecule has 0 spiro atoms. The highest BCUT2D eigenvalue weighted by Gasteiger charge is 2.40. The van der Waals surface area contributed by atoms with Crippen LogP contribution < -0.4 is 20.4 Å². The summed E-state index contributed by atoms with van der Waals surface area (Å²) >= 11 is 0. The molecule has 5 rings (SSSR count). The van der Waals surface area contributed by atoms with Crippen LogP contribution in [-0.4, -0.2) is 52.6 Å². The van der Waals surface area contributed by atoms with Crippen LogP contribution in [0.2, 0.25) is 0 Å². The van der Waals surface area contributed by atoms with Gasteiger partial charge in [-0.15, -0.1) is 0 Å². The number of hydrogen-bond donors (Lipinski definition) is 2. The van der Waals surface area contributed by atoms with Crippen LogP contribution in [-0.2, 0) is 0 Å². The number of carbonyl (C=O) groups excluding carboxylic acids is 2. The molecule has 28 heavy (non-hydrogen) atoms. The van der Waals surface area contributed by atoms with Gasteiger partial charge < -0.3 is 10.2 Å². The first kappa shape index (κ1) is 16.9. The van der Waals surface area contributed by atoms with Gasteiger partial charge in [0.1, 0.15) is 5.69 Å². The molecule has 2 aliphatic heterocycles. The van der Waals surface area contributed by atoms with E-state index in [-0.39, 0.29) is 23.9 Å². The van der Waals surface area contributed by atoms with Crippen molar-refractivity contribution in [2.45, 2.75) is 25.3 Å². The van der Waals surface area contributed by atoms with Gasteiger partial charge in [-0.25, -0.2) is 19.7 Å². The molecule has 9 nitrogen and oxygen atoms in total. The van der Waals surface area contributed by atoms with E-state index in [0.717, 1.165) is 25.2 Å². The van der Waals surface area contributed by atoms with E-state index in [9.17, 15) is 9.59 Å². The summed E-state index contributed by atoms with van der Waals surface area (Å²) in [7, 11) is 0. The summed E-state index contributed by atoms with van der Waals surface area (Å²) in [5.41, 5.74) is 1.20. The number of fused-ring (bicyclic) bond motifs is 4. The Labute approximate surface area is 162 Å². The average molecular weight is 379 g/mol. The van der Waals surface area contributed by atoms with Gasteiger partial charge in [0.15, 0.2) is 5.82 Å². The second kappa shape index (κ2) is 6.74. The first-order valence-corrected chi connectivity index (χ1v) is 9.60. The van der Waals surface area contributed by atoms with Crippen LogP contribution in [0.4, 0.5) is 22.2 Å². The molecule has 1 saturated heterocycles. The Morgan fingerprint density at radius 1 is 1.14 bits per heavy atom. The van der Waals surface area contributed by atoms with Crippen LogP contribution in [0, 0.1) is 5.92 Å². The van der Waals surface area contributed by atoms with Crippen molar-refractivity contribution in [3.05, 3.63) is 36.3 Å².